The van der Waals surface area contributed by atoms with Crippen LogP contribution in [0.25, 0.3) is 11.1 Å². The van der Waals surface area contributed by atoms with E-state index in [9.17, 15) is 0 Å². The van der Waals surface area contributed by atoms with Crippen LogP contribution in [0.1, 0.15) is 59.5 Å². The van der Waals surface area contributed by atoms with Gasteiger partial charge in [-0.3, -0.25) is 5.32 Å². The zero-order valence-electron chi connectivity index (χ0n) is 20.0. The highest BCUT2D eigenvalue weighted by atomic mass is 32.1. The van der Waals surface area contributed by atoms with Crippen molar-refractivity contribution >= 4 is 22.2 Å². The zero-order chi connectivity index (χ0) is 23.5. The summed E-state index contributed by atoms with van der Waals surface area (Å²) in [7, 11) is 0. The molecule has 4 nitrogen and oxygen atoms in total. The molecule has 2 aromatic heterocycles. The highest BCUT2D eigenvalue weighted by Crippen LogP contribution is 2.36. The summed E-state index contributed by atoms with van der Waals surface area (Å²) >= 11 is 1.77. The maximum Gasteiger partial charge on any atom is 0.138 e. The maximum absolute atomic E-state index is 5.26. The molecule has 0 spiro atoms. The lowest BCUT2D eigenvalue weighted by molar-refractivity contribution is 0.540. The lowest BCUT2D eigenvalue weighted by atomic mass is 9.98. The van der Waals surface area contributed by atoms with E-state index in [2.05, 4.69) is 86.0 Å². The molecule has 0 radical (unpaired) electrons. The van der Waals surface area contributed by atoms with E-state index in [0.717, 1.165) is 30.8 Å². The number of fused-ring (bicyclic) bond motifs is 1. The van der Waals surface area contributed by atoms with E-state index < -0.39 is 0 Å². The van der Waals surface area contributed by atoms with Gasteiger partial charge in [-0.05, 0) is 66.6 Å². The molecule has 1 atom stereocenters. The third-order valence-corrected chi connectivity index (χ3v) is 7.29. The Kier molecular flexibility index (Phi) is 6.66. The molecule has 0 fully saturated rings. The monoisotopic (exact) mass is 469 g/mol. The molecule has 5 rings (SSSR count). The Labute approximate surface area is 205 Å². The first-order valence-corrected chi connectivity index (χ1v) is 12.8. The molecule has 2 aromatic carbocycles. The Morgan fingerprint density at radius 2 is 1.74 bits per heavy atom. The van der Waals surface area contributed by atoms with Crippen LogP contribution in [-0.2, 0) is 6.42 Å². The quantitative estimate of drug-likeness (QED) is 0.262. The van der Waals surface area contributed by atoms with Crippen molar-refractivity contribution in [1.82, 2.24) is 5.32 Å². The van der Waals surface area contributed by atoms with E-state index in [1.807, 2.05) is 6.07 Å². The van der Waals surface area contributed by atoms with Gasteiger partial charge in [0.15, 0.2) is 0 Å². The summed E-state index contributed by atoms with van der Waals surface area (Å²) in [5, 5.41) is 8.28. The number of anilines is 1. The molecule has 1 aliphatic rings. The van der Waals surface area contributed by atoms with Crippen molar-refractivity contribution in [1.29, 1.82) is 0 Å². The predicted octanol–water partition coefficient (Wildman–Crippen LogP) is 7.53. The largest absolute Gasteiger partial charge is 0.472 e. The van der Waals surface area contributed by atoms with Crippen LogP contribution in [0.15, 0.2) is 82.6 Å². The summed E-state index contributed by atoms with van der Waals surface area (Å²) in [5.74, 6) is 1.42. The molecule has 0 bridgehead atoms. The number of benzene rings is 2. The topological polar surface area (TPSA) is 49.6 Å². The molecule has 5 heteroatoms. The minimum absolute atomic E-state index is 0.0395. The predicted molar refractivity (Wildman–Crippen MR) is 143 cm³/mol. The summed E-state index contributed by atoms with van der Waals surface area (Å²) in [6.07, 6.45) is 5.47. The first kappa shape index (κ1) is 22.6. The average Bonchev–Trinajstić information content (AvgIpc) is 3.51. The number of hydrogen-bond donors (Lipinski definition) is 2. The maximum atomic E-state index is 5.26. The summed E-state index contributed by atoms with van der Waals surface area (Å²) in [4.78, 5) is 6.21. The van der Waals surface area contributed by atoms with Gasteiger partial charge in [0.1, 0.15) is 23.3 Å². The molecule has 0 amide bonds. The fourth-order valence-corrected chi connectivity index (χ4v) is 5.27. The number of aryl methyl sites for hydroxylation is 2. The molecular formula is C29H31N3OS. The smallest absolute Gasteiger partial charge is 0.138 e. The third kappa shape index (κ3) is 5.01. The Hall–Kier alpha value is -3.15. The van der Waals surface area contributed by atoms with E-state index in [1.54, 1.807) is 23.9 Å². The third-order valence-electron chi connectivity index (χ3n) is 6.31. The molecule has 34 heavy (non-hydrogen) atoms. The van der Waals surface area contributed by atoms with Crippen molar-refractivity contribution < 1.29 is 4.42 Å². The van der Waals surface area contributed by atoms with Crippen LogP contribution >= 0.6 is 11.3 Å². The standard InChI is InChI=1S/C29H31N3OS/c1-19(2)22-10-12-24(13-11-22)23-8-6-21(7-9-23)5-4-15-30-28-26-17-20(3)34-29(26)32-27(31-28)25-14-16-33-18-25/h6-14,16-19,28,30H,4-5,15H2,1-3H3,(H,31,32). The Bertz CT molecular complexity index is 1250. The number of aliphatic imine (C=N–C) groups is 1. The number of nitrogens with zero attached hydrogens (tertiary/aromatic N) is 1. The van der Waals surface area contributed by atoms with Gasteiger partial charge in [0, 0.05) is 10.4 Å². The minimum atomic E-state index is -0.0395. The van der Waals surface area contributed by atoms with E-state index >= 15 is 0 Å². The van der Waals surface area contributed by atoms with E-state index in [-0.39, 0.29) is 6.17 Å². The van der Waals surface area contributed by atoms with Crippen LogP contribution in [-0.4, -0.2) is 12.4 Å². The molecule has 1 unspecified atom stereocenters. The normalized spacial score (nSPS) is 15.2. The van der Waals surface area contributed by atoms with E-state index in [1.165, 1.54) is 37.7 Å². The van der Waals surface area contributed by atoms with Gasteiger partial charge >= 0.3 is 0 Å². The van der Waals surface area contributed by atoms with Crippen LogP contribution in [0, 0.1) is 6.92 Å². The Morgan fingerprint density at radius 1 is 1.00 bits per heavy atom. The zero-order valence-corrected chi connectivity index (χ0v) is 20.8. The molecule has 0 aliphatic carbocycles. The first-order valence-electron chi connectivity index (χ1n) is 12.0. The molecule has 4 aromatic rings. The fraction of sp³-hybridized carbons (Fsp3) is 0.276. The van der Waals surface area contributed by atoms with Gasteiger partial charge in [0.25, 0.3) is 0 Å². The van der Waals surface area contributed by atoms with Crippen molar-refractivity contribution in [2.45, 2.75) is 45.7 Å². The highest BCUT2D eigenvalue weighted by Gasteiger charge is 2.24. The van der Waals surface area contributed by atoms with Crippen molar-refractivity contribution in [3.8, 4) is 11.1 Å². The van der Waals surface area contributed by atoms with Crippen LogP contribution in [0.5, 0.6) is 0 Å². The molecular weight excluding hydrogens is 438 g/mol. The number of amidine groups is 1. The number of nitrogens with one attached hydrogen (secondary N) is 2. The molecule has 1 aliphatic heterocycles. The number of hydrogen-bond acceptors (Lipinski definition) is 5. The van der Waals surface area contributed by atoms with Gasteiger partial charge in [0.05, 0.1) is 11.8 Å². The second kappa shape index (κ2) is 10.00. The van der Waals surface area contributed by atoms with Crippen molar-refractivity contribution in [3.05, 3.63) is 100 Å². The van der Waals surface area contributed by atoms with Crippen LogP contribution in [0.4, 0.5) is 5.00 Å². The molecule has 174 valence electrons. The van der Waals surface area contributed by atoms with E-state index in [0.29, 0.717) is 5.92 Å². The molecule has 0 saturated carbocycles. The van der Waals surface area contributed by atoms with Gasteiger partial charge in [-0.25, -0.2) is 4.99 Å². The van der Waals surface area contributed by atoms with Crippen LogP contribution < -0.4 is 10.6 Å². The molecule has 3 heterocycles. The fourth-order valence-electron chi connectivity index (χ4n) is 4.33. The lowest BCUT2D eigenvalue weighted by Gasteiger charge is -2.23. The first-order chi connectivity index (χ1) is 16.6. The average molecular weight is 470 g/mol. The Morgan fingerprint density at radius 3 is 2.41 bits per heavy atom. The van der Waals surface area contributed by atoms with Gasteiger partial charge in [-0.2, -0.15) is 0 Å². The van der Waals surface area contributed by atoms with Gasteiger partial charge in [0.2, 0.25) is 0 Å². The minimum Gasteiger partial charge on any atom is -0.472 e. The highest BCUT2D eigenvalue weighted by molar-refractivity contribution is 7.16. The Balaban J connectivity index is 1.18. The number of thiophene rings is 1. The van der Waals surface area contributed by atoms with Crippen molar-refractivity contribution in [2.75, 3.05) is 11.9 Å². The SMILES string of the molecule is Cc1cc2c(s1)NC(c1ccoc1)=NC2NCCCc1ccc(-c2ccc(C(C)C)cc2)cc1. The molecule has 0 saturated heterocycles. The van der Waals surface area contributed by atoms with Crippen LogP contribution in [0.2, 0.25) is 0 Å². The van der Waals surface area contributed by atoms with E-state index in [4.69, 9.17) is 9.41 Å². The number of furan rings is 1. The summed E-state index contributed by atoms with van der Waals surface area (Å²) in [6, 6.07) is 22.1. The van der Waals surface area contributed by atoms with Crippen LogP contribution in [0.3, 0.4) is 0 Å². The second-order valence-electron chi connectivity index (χ2n) is 9.19. The van der Waals surface area contributed by atoms with Gasteiger partial charge in [-0.15, -0.1) is 11.3 Å². The second-order valence-corrected chi connectivity index (χ2v) is 10.4. The van der Waals surface area contributed by atoms with Gasteiger partial charge in [-0.1, -0.05) is 62.4 Å². The van der Waals surface area contributed by atoms with Crippen molar-refractivity contribution in [2.24, 2.45) is 4.99 Å². The van der Waals surface area contributed by atoms with Crippen molar-refractivity contribution in [3.63, 3.8) is 0 Å². The summed E-state index contributed by atoms with van der Waals surface area (Å²) in [5.41, 5.74) is 7.49. The molecule has 2 N–H and O–H groups in total. The van der Waals surface area contributed by atoms with Gasteiger partial charge < -0.3 is 9.73 Å². The number of rotatable bonds is 8. The summed E-state index contributed by atoms with van der Waals surface area (Å²) in [6.45, 7) is 7.50. The summed E-state index contributed by atoms with van der Waals surface area (Å²) < 4.78 is 5.26. The lowest BCUT2D eigenvalue weighted by Crippen LogP contribution is -2.28.